The number of hydrogen-bond acceptors (Lipinski definition) is 10. The van der Waals surface area contributed by atoms with E-state index >= 15 is 0 Å². The van der Waals surface area contributed by atoms with Gasteiger partial charge in [0.25, 0.3) is 5.91 Å². The zero-order valence-electron chi connectivity index (χ0n) is 19.1. The smallest absolute Gasteiger partial charge is 0.267 e. The molecule has 4 rings (SSSR count). The van der Waals surface area contributed by atoms with E-state index in [0.717, 1.165) is 50.6 Å². The van der Waals surface area contributed by atoms with E-state index in [0.29, 0.717) is 32.4 Å². The molecule has 0 radical (unpaired) electrons. The van der Waals surface area contributed by atoms with Gasteiger partial charge in [0.05, 0.1) is 16.9 Å². The summed E-state index contributed by atoms with van der Waals surface area (Å²) in [6, 6.07) is 7.40. The third kappa shape index (κ3) is 5.99. The van der Waals surface area contributed by atoms with Crippen molar-refractivity contribution in [1.29, 1.82) is 0 Å². The lowest BCUT2D eigenvalue weighted by molar-refractivity contribution is 0.103. The lowest BCUT2D eigenvalue weighted by atomic mass is 10.2. The quantitative estimate of drug-likeness (QED) is 0.272. The van der Waals surface area contributed by atoms with Gasteiger partial charge in [-0.25, -0.2) is 15.0 Å². The van der Waals surface area contributed by atoms with Crippen LogP contribution in [0.2, 0.25) is 5.02 Å². The van der Waals surface area contributed by atoms with E-state index in [2.05, 4.69) is 40.8 Å². The van der Waals surface area contributed by atoms with Crippen LogP contribution in [0.3, 0.4) is 0 Å². The highest BCUT2D eigenvalue weighted by Crippen LogP contribution is 2.28. The number of aromatic nitrogens is 3. The van der Waals surface area contributed by atoms with Gasteiger partial charge in [-0.2, -0.15) is 0 Å². The van der Waals surface area contributed by atoms with Crippen molar-refractivity contribution in [2.75, 3.05) is 54.8 Å². The van der Waals surface area contributed by atoms with E-state index in [1.165, 1.54) is 11.3 Å². The number of halogens is 1. The van der Waals surface area contributed by atoms with Crippen LogP contribution < -0.4 is 26.8 Å². The fourth-order valence-electron chi connectivity index (χ4n) is 3.71. The molecular formula is C22H28ClN9OS. The summed E-state index contributed by atoms with van der Waals surface area (Å²) < 4.78 is 0. The first kappa shape index (κ1) is 24.3. The van der Waals surface area contributed by atoms with Gasteiger partial charge in [0.15, 0.2) is 5.13 Å². The third-order valence-corrected chi connectivity index (χ3v) is 6.74. The molecule has 3 aromatic rings. The largest absolute Gasteiger partial charge is 0.354 e. The van der Waals surface area contributed by atoms with Gasteiger partial charge in [0.1, 0.15) is 22.3 Å². The number of rotatable bonds is 8. The Labute approximate surface area is 207 Å². The second kappa shape index (κ2) is 11.1. The van der Waals surface area contributed by atoms with Crippen molar-refractivity contribution in [2.45, 2.75) is 13.8 Å². The number of thiazole rings is 1. The molecule has 2 aromatic heterocycles. The molecule has 0 bridgehead atoms. The molecule has 3 heterocycles. The molecule has 12 heteroatoms. The van der Waals surface area contributed by atoms with Crippen molar-refractivity contribution in [2.24, 2.45) is 5.84 Å². The van der Waals surface area contributed by atoms with Crippen molar-refractivity contribution in [3.8, 4) is 0 Å². The van der Waals surface area contributed by atoms with E-state index < -0.39 is 0 Å². The maximum atomic E-state index is 12.7. The van der Waals surface area contributed by atoms with Gasteiger partial charge >= 0.3 is 0 Å². The van der Waals surface area contributed by atoms with Crippen LogP contribution in [0.25, 0.3) is 0 Å². The van der Waals surface area contributed by atoms with Gasteiger partial charge in [-0.05, 0) is 25.5 Å². The number of carbonyl (C=O) groups is 1. The highest BCUT2D eigenvalue weighted by Gasteiger charge is 2.19. The van der Waals surface area contributed by atoms with E-state index in [4.69, 9.17) is 17.4 Å². The Bertz CT molecular complexity index is 1130. The number of nitrogens with zero attached hydrogens (tertiary/aromatic N) is 5. The number of benzene rings is 1. The van der Waals surface area contributed by atoms with Crippen LogP contribution in [-0.2, 0) is 0 Å². The Morgan fingerprint density at radius 1 is 1.21 bits per heavy atom. The summed E-state index contributed by atoms with van der Waals surface area (Å²) >= 11 is 7.48. The zero-order valence-corrected chi connectivity index (χ0v) is 20.7. The van der Waals surface area contributed by atoms with Crippen LogP contribution in [0.4, 0.5) is 22.5 Å². The number of nitrogens with one attached hydrogen (secondary N) is 3. The van der Waals surface area contributed by atoms with Crippen LogP contribution in [0, 0.1) is 13.8 Å². The van der Waals surface area contributed by atoms with Crippen LogP contribution in [0.15, 0.2) is 30.5 Å². The summed E-state index contributed by atoms with van der Waals surface area (Å²) in [6.07, 6.45) is 1.54. The predicted molar refractivity (Wildman–Crippen MR) is 137 cm³/mol. The highest BCUT2D eigenvalue weighted by atomic mass is 35.5. The third-order valence-electron chi connectivity index (χ3n) is 5.52. The Hall–Kier alpha value is -2.83. The Morgan fingerprint density at radius 2 is 2.00 bits per heavy atom. The molecule has 0 unspecified atom stereocenters. The van der Waals surface area contributed by atoms with Gasteiger partial charge in [0.2, 0.25) is 0 Å². The van der Waals surface area contributed by atoms with Crippen LogP contribution in [-0.4, -0.2) is 65.0 Å². The Kier molecular flexibility index (Phi) is 7.91. The SMILES string of the molecule is Cc1nc(Nc2ncc(C(=O)Nc3c(C)cccc3Cl)s2)cc(N2CCN(CCNN)CC2)n1. The number of amides is 1. The number of para-hydroxylation sites is 1. The maximum absolute atomic E-state index is 12.7. The Morgan fingerprint density at radius 3 is 2.74 bits per heavy atom. The van der Waals surface area contributed by atoms with Crippen LogP contribution in [0.5, 0.6) is 0 Å². The molecule has 10 nitrogen and oxygen atoms in total. The molecule has 180 valence electrons. The summed E-state index contributed by atoms with van der Waals surface area (Å²) in [7, 11) is 0. The molecule has 0 atom stereocenters. The first-order valence-electron chi connectivity index (χ1n) is 11.0. The molecule has 1 aromatic carbocycles. The number of nitrogens with two attached hydrogens (primary N) is 1. The first-order chi connectivity index (χ1) is 16.4. The average molecular weight is 502 g/mol. The molecule has 1 saturated heterocycles. The summed E-state index contributed by atoms with van der Waals surface area (Å²) in [5.74, 6) is 7.30. The lowest BCUT2D eigenvalue weighted by Crippen LogP contribution is -2.48. The minimum atomic E-state index is -0.260. The second-order valence-corrected chi connectivity index (χ2v) is 9.42. The molecule has 0 saturated carbocycles. The van der Waals surface area contributed by atoms with Gasteiger partial charge in [0, 0.05) is 45.3 Å². The topological polar surface area (TPSA) is 124 Å². The average Bonchev–Trinajstić information content (AvgIpc) is 3.28. The van der Waals surface area contributed by atoms with Crippen LogP contribution in [0.1, 0.15) is 21.1 Å². The molecule has 1 aliphatic rings. The van der Waals surface area contributed by atoms with Crippen molar-refractivity contribution < 1.29 is 4.79 Å². The number of hydrazine groups is 1. The van der Waals surface area contributed by atoms with E-state index in [9.17, 15) is 4.79 Å². The highest BCUT2D eigenvalue weighted by molar-refractivity contribution is 7.17. The van der Waals surface area contributed by atoms with E-state index in [1.54, 1.807) is 12.3 Å². The molecule has 34 heavy (non-hydrogen) atoms. The van der Waals surface area contributed by atoms with Gasteiger partial charge in [-0.3, -0.25) is 21.0 Å². The molecule has 1 aliphatic heterocycles. The number of piperazine rings is 1. The van der Waals surface area contributed by atoms with Crippen molar-refractivity contribution in [3.63, 3.8) is 0 Å². The summed E-state index contributed by atoms with van der Waals surface area (Å²) in [6.45, 7) is 9.11. The van der Waals surface area contributed by atoms with E-state index in [-0.39, 0.29) is 5.91 Å². The molecule has 0 spiro atoms. The van der Waals surface area contributed by atoms with Gasteiger partial charge < -0.3 is 15.5 Å². The van der Waals surface area contributed by atoms with Gasteiger partial charge in [-0.1, -0.05) is 35.1 Å². The van der Waals surface area contributed by atoms with Crippen molar-refractivity contribution in [3.05, 3.63) is 51.7 Å². The Balaban J connectivity index is 1.41. The normalized spacial score (nSPS) is 14.3. The van der Waals surface area contributed by atoms with Crippen molar-refractivity contribution in [1.82, 2.24) is 25.3 Å². The summed E-state index contributed by atoms with van der Waals surface area (Å²) in [4.78, 5) is 31.3. The fraction of sp³-hybridized carbons (Fsp3) is 0.364. The van der Waals surface area contributed by atoms with E-state index in [1.807, 2.05) is 32.0 Å². The van der Waals surface area contributed by atoms with Crippen molar-refractivity contribution >= 4 is 51.3 Å². The number of hydrogen-bond donors (Lipinski definition) is 4. The number of anilines is 4. The van der Waals surface area contributed by atoms with Gasteiger partial charge in [-0.15, -0.1) is 0 Å². The predicted octanol–water partition coefficient (Wildman–Crippen LogP) is 2.78. The second-order valence-electron chi connectivity index (χ2n) is 7.98. The lowest BCUT2D eigenvalue weighted by Gasteiger charge is -2.35. The maximum Gasteiger partial charge on any atom is 0.267 e. The minimum Gasteiger partial charge on any atom is -0.354 e. The summed E-state index contributed by atoms with van der Waals surface area (Å²) in [5.41, 5.74) is 4.20. The molecular weight excluding hydrogens is 474 g/mol. The molecule has 1 amide bonds. The minimum absolute atomic E-state index is 0.260. The standard InChI is InChI=1S/C22H28ClN9OS/c1-14-4-3-5-16(23)20(14)30-21(33)17-13-25-22(34-17)29-18-12-19(28-15(2)27-18)32-10-8-31(9-11-32)7-6-26-24/h3-5,12-13,26H,6-11,24H2,1-2H3,(H,30,33)(H,25,27,28,29). The fourth-order valence-corrected chi connectivity index (χ4v) is 4.70. The zero-order chi connectivity index (χ0) is 24.1. The molecule has 1 fully saturated rings. The number of aryl methyl sites for hydroxylation is 2. The summed E-state index contributed by atoms with van der Waals surface area (Å²) in [5, 5.41) is 7.16. The molecule has 0 aliphatic carbocycles. The van der Waals surface area contributed by atoms with Crippen LogP contribution >= 0.6 is 22.9 Å². The number of carbonyl (C=O) groups excluding carboxylic acids is 1. The first-order valence-corrected chi connectivity index (χ1v) is 12.2. The monoisotopic (exact) mass is 501 g/mol. The molecule has 5 N–H and O–H groups in total.